The van der Waals surface area contributed by atoms with Crippen molar-refractivity contribution in [3.8, 4) is 5.75 Å². The number of ether oxygens (including phenoxy) is 1. The van der Waals surface area contributed by atoms with E-state index in [1.54, 1.807) is 0 Å². The van der Waals surface area contributed by atoms with Crippen molar-refractivity contribution >= 4 is 17.7 Å². The predicted octanol–water partition coefficient (Wildman–Crippen LogP) is 4.73. The number of benzene rings is 2. The third kappa shape index (κ3) is 8.39. The topological polar surface area (TPSA) is 88.2 Å². The molecule has 0 aliphatic rings. The van der Waals surface area contributed by atoms with Crippen LogP contribution in [0.5, 0.6) is 5.75 Å². The van der Waals surface area contributed by atoms with E-state index in [9.17, 15) is 4.79 Å². The number of para-hydroxylation sites is 1. The van der Waals surface area contributed by atoms with Crippen LogP contribution >= 0.6 is 0 Å². The minimum atomic E-state index is -0.407. The summed E-state index contributed by atoms with van der Waals surface area (Å²) in [6, 6.07) is 19.3. The summed E-state index contributed by atoms with van der Waals surface area (Å²) in [5.41, 5.74) is 3.20. The Bertz CT molecular complexity index is 1060. The van der Waals surface area contributed by atoms with Crippen LogP contribution in [0.4, 0.5) is 11.8 Å². The molecule has 0 aliphatic carbocycles. The fourth-order valence-corrected chi connectivity index (χ4v) is 3.59. The molecule has 1 amide bonds. The van der Waals surface area contributed by atoms with E-state index in [1.807, 2.05) is 49.4 Å². The molecule has 0 radical (unpaired) electrons. The first-order chi connectivity index (χ1) is 16.4. The molecule has 0 saturated carbocycles. The van der Waals surface area contributed by atoms with Gasteiger partial charge in [0, 0.05) is 18.3 Å². The van der Waals surface area contributed by atoms with Gasteiger partial charge < -0.3 is 20.7 Å². The third-order valence-corrected chi connectivity index (χ3v) is 5.15. The minimum absolute atomic E-state index is 0.0732. The van der Waals surface area contributed by atoms with Gasteiger partial charge in [0.2, 0.25) is 11.9 Å². The highest BCUT2D eigenvalue weighted by Crippen LogP contribution is 2.16. The van der Waals surface area contributed by atoms with E-state index in [0.29, 0.717) is 43.8 Å². The van der Waals surface area contributed by atoms with E-state index in [4.69, 9.17) is 4.74 Å². The van der Waals surface area contributed by atoms with Crippen molar-refractivity contribution in [1.82, 2.24) is 15.3 Å². The van der Waals surface area contributed by atoms with Gasteiger partial charge in [0.05, 0.1) is 6.54 Å². The zero-order valence-corrected chi connectivity index (χ0v) is 20.5. The lowest BCUT2D eigenvalue weighted by Gasteiger charge is -2.21. The van der Waals surface area contributed by atoms with Crippen LogP contribution in [-0.2, 0) is 11.3 Å². The number of aryl methyl sites for hydroxylation is 2. The molecule has 3 N–H and O–H groups in total. The van der Waals surface area contributed by atoms with E-state index < -0.39 is 6.04 Å². The van der Waals surface area contributed by atoms with Gasteiger partial charge in [0.1, 0.15) is 24.2 Å². The molecule has 0 aliphatic heterocycles. The molecule has 34 heavy (non-hydrogen) atoms. The minimum Gasteiger partial charge on any atom is -0.492 e. The van der Waals surface area contributed by atoms with Crippen LogP contribution in [0.1, 0.15) is 37.1 Å². The van der Waals surface area contributed by atoms with E-state index in [-0.39, 0.29) is 5.91 Å². The van der Waals surface area contributed by atoms with Crippen molar-refractivity contribution in [3.63, 3.8) is 0 Å². The van der Waals surface area contributed by atoms with Crippen LogP contribution in [0.15, 0.2) is 60.7 Å². The fraction of sp³-hybridized carbons (Fsp3) is 0.370. The Labute approximate surface area is 202 Å². The average molecular weight is 462 g/mol. The van der Waals surface area contributed by atoms with Crippen molar-refractivity contribution in [3.05, 3.63) is 77.5 Å². The standard InChI is InChI=1S/C27H35N5O2/c1-19(2)15-24(26(33)28-13-14-34-23-11-6-5-7-12-23)31-25-17-21(4)30-27(32-25)29-18-22-10-8-9-20(3)16-22/h5-12,16-17,19,24H,13-15,18H2,1-4H3,(H,28,33)(H2,29,30,31,32)/t24-/m0/s1. The molecule has 1 aromatic heterocycles. The molecule has 1 heterocycles. The van der Waals surface area contributed by atoms with Crippen LogP contribution in [0.2, 0.25) is 0 Å². The first-order valence-electron chi connectivity index (χ1n) is 11.8. The number of hydrogen-bond donors (Lipinski definition) is 3. The number of aromatic nitrogens is 2. The Balaban J connectivity index is 1.58. The molecule has 0 unspecified atom stereocenters. The molecule has 180 valence electrons. The highest BCUT2D eigenvalue weighted by Gasteiger charge is 2.20. The maximum absolute atomic E-state index is 12.9. The van der Waals surface area contributed by atoms with Crippen LogP contribution in [0, 0.1) is 19.8 Å². The second kappa shape index (κ2) is 12.6. The normalized spacial score (nSPS) is 11.7. The largest absolute Gasteiger partial charge is 0.492 e. The summed E-state index contributed by atoms with van der Waals surface area (Å²) in [6.45, 7) is 9.65. The van der Waals surface area contributed by atoms with E-state index in [2.05, 4.69) is 64.9 Å². The second-order valence-corrected chi connectivity index (χ2v) is 8.84. The van der Waals surface area contributed by atoms with Gasteiger partial charge in [-0.25, -0.2) is 4.98 Å². The first kappa shape index (κ1) is 25.0. The highest BCUT2D eigenvalue weighted by molar-refractivity contribution is 5.84. The molecule has 7 heteroatoms. The Morgan fingerprint density at radius 3 is 2.53 bits per heavy atom. The van der Waals surface area contributed by atoms with Crippen molar-refractivity contribution in [2.45, 2.75) is 46.7 Å². The number of carbonyl (C=O) groups excluding carboxylic acids is 1. The maximum atomic E-state index is 12.9. The summed E-state index contributed by atoms with van der Waals surface area (Å²) >= 11 is 0. The summed E-state index contributed by atoms with van der Waals surface area (Å²) in [6.07, 6.45) is 0.681. The molecular weight excluding hydrogens is 426 g/mol. The summed E-state index contributed by atoms with van der Waals surface area (Å²) in [5, 5.41) is 9.58. The highest BCUT2D eigenvalue weighted by atomic mass is 16.5. The van der Waals surface area contributed by atoms with Crippen molar-refractivity contribution in [2.75, 3.05) is 23.8 Å². The molecule has 1 atom stereocenters. The Morgan fingerprint density at radius 1 is 1.00 bits per heavy atom. The van der Waals surface area contributed by atoms with Gasteiger partial charge >= 0.3 is 0 Å². The number of rotatable bonds is 12. The summed E-state index contributed by atoms with van der Waals surface area (Å²) in [4.78, 5) is 22.0. The summed E-state index contributed by atoms with van der Waals surface area (Å²) < 4.78 is 5.67. The monoisotopic (exact) mass is 461 g/mol. The molecule has 3 aromatic rings. The predicted molar refractivity (Wildman–Crippen MR) is 137 cm³/mol. The first-order valence-corrected chi connectivity index (χ1v) is 11.8. The average Bonchev–Trinajstić information content (AvgIpc) is 2.80. The maximum Gasteiger partial charge on any atom is 0.242 e. The van der Waals surface area contributed by atoms with Crippen LogP contribution in [0.3, 0.4) is 0 Å². The quantitative estimate of drug-likeness (QED) is 0.338. The fourth-order valence-electron chi connectivity index (χ4n) is 3.59. The van der Waals surface area contributed by atoms with Gasteiger partial charge in [-0.2, -0.15) is 4.98 Å². The number of hydrogen-bond acceptors (Lipinski definition) is 6. The van der Waals surface area contributed by atoms with Crippen LogP contribution in [0.25, 0.3) is 0 Å². The van der Waals surface area contributed by atoms with Crippen LogP contribution in [-0.4, -0.2) is 35.1 Å². The number of anilines is 2. The van der Waals surface area contributed by atoms with Crippen molar-refractivity contribution in [1.29, 1.82) is 0 Å². The molecular formula is C27H35N5O2. The van der Waals surface area contributed by atoms with E-state index in [1.165, 1.54) is 5.56 Å². The smallest absolute Gasteiger partial charge is 0.242 e. The van der Waals surface area contributed by atoms with Gasteiger partial charge in [0.15, 0.2) is 0 Å². The van der Waals surface area contributed by atoms with Gasteiger partial charge in [0.25, 0.3) is 0 Å². The lowest BCUT2D eigenvalue weighted by Crippen LogP contribution is -2.42. The SMILES string of the molecule is Cc1cccc(CNc2nc(C)cc(N[C@@H](CC(C)C)C(=O)NCCOc3ccccc3)n2)c1. The van der Waals surface area contributed by atoms with Crippen molar-refractivity contribution in [2.24, 2.45) is 5.92 Å². The number of nitrogens with one attached hydrogen (secondary N) is 3. The Hall–Kier alpha value is -3.61. The van der Waals surface area contributed by atoms with Gasteiger partial charge in [-0.05, 0) is 43.9 Å². The van der Waals surface area contributed by atoms with Gasteiger partial charge in [-0.3, -0.25) is 4.79 Å². The zero-order chi connectivity index (χ0) is 24.3. The molecule has 0 saturated heterocycles. The summed E-state index contributed by atoms with van der Waals surface area (Å²) in [7, 11) is 0. The molecule has 0 fully saturated rings. The Kier molecular flexibility index (Phi) is 9.26. The third-order valence-electron chi connectivity index (χ3n) is 5.15. The molecule has 0 bridgehead atoms. The molecule has 0 spiro atoms. The lowest BCUT2D eigenvalue weighted by atomic mass is 10.0. The molecule has 2 aromatic carbocycles. The Morgan fingerprint density at radius 2 is 1.79 bits per heavy atom. The number of nitrogens with zero attached hydrogens (tertiary/aromatic N) is 2. The van der Waals surface area contributed by atoms with E-state index in [0.717, 1.165) is 17.0 Å². The van der Waals surface area contributed by atoms with Crippen molar-refractivity contribution < 1.29 is 9.53 Å². The number of amides is 1. The molecule has 3 rings (SSSR count). The van der Waals surface area contributed by atoms with Gasteiger partial charge in [-0.1, -0.05) is 61.9 Å². The lowest BCUT2D eigenvalue weighted by molar-refractivity contribution is -0.122. The van der Waals surface area contributed by atoms with Gasteiger partial charge in [-0.15, -0.1) is 0 Å². The zero-order valence-electron chi connectivity index (χ0n) is 20.5. The van der Waals surface area contributed by atoms with E-state index >= 15 is 0 Å². The van der Waals surface area contributed by atoms with Crippen LogP contribution < -0.4 is 20.7 Å². The second-order valence-electron chi connectivity index (χ2n) is 8.84. The summed E-state index contributed by atoms with van der Waals surface area (Å²) in [5.74, 6) is 2.21. The number of carbonyl (C=O) groups is 1. The molecule has 7 nitrogen and oxygen atoms in total.